The number of thiophene rings is 1. The van der Waals surface area contributed by atoms with Crippen molar-refractivity contribution in [1.82, 2.24) is 4.31 Å². The van der Waals surface area contributed by atoms with Crippen LogP contribution in [0.3, 0.4) is 0 Å². The van der Waals surface area contributed by atoms with Gasteiger partial charge in [0.2, 0.25) is 10.0 Å². The summed E-state index contributed by atoms with van der Waals surface area (Å²) in [5.41, 5.74) is 0.452. The number of morpholine rings is 1. The molecule has 0 atom stereocenters. The van der Waals surface area contributed by atoms with Crippen molar-refractivity contribution in [3.8, 4) is 0 Å². The Hall–Kier alpha value is -1.32. The molecule has 1 aliphatic heterocycles. The minimum Gasteiger partial charge on any atom is -0.379 e. The van der Waals surface area contributed by atoms with Crippen LogP contribution in [0.25, 0.3) is 6.08 Å². The van der Waals surface area contributed by atoms with Gasteiger partial charge in [0.15, 0.2) is 5.78 Å². The third-order valence-corrected chi connectivity index (χ3v) is 7.24. The number of ether oxygens (including phenoxy) is 1. The van der Waals surface area contributed by atoms with Crippen molar-refractivity contribution >= 4 is 49.1 Å². The first-order valence-electron chi connectivity index (χ1n) is 7.62. The van der Waals surface area contributed by atoms with Gasteiger partial charge in [-0.3, -0.25) is 4.79 Å². The zero-order valence-electron chi connectivity index (χ0n) is 13.2. The number of hydrogen-bond acceptors (Lipinski definition) is 5. The molecule has 0 N–H and O–H groups in total. The third kappa shape index (κ3) is 4.45. The van der Waals surface area contributed by atoms with E-state index in [-0.39, 0.29) is 10.7 Å². The topological polar surface area (TPSA) is 63.7 Å². The summed E-state index contributed by atoms with van der Waals surface area (Å²) in [6, 6.07) is 9.88. The number of sulfonamides is 1. The summed E-state index contributed by atoms with van der Waals surface area (Å²) in [5, 5.41) is 0. The number of halogens is 1. The lowest BCUT2D eigenvalue weighted by molar-refractivity contribution is 0.0730. The Kier molecular flexibility index (Phi) is 5.85. The van der Waals surface area contributed by atoms with Crippen molar-refractivity contribution in [3.63, 3.8) is 0 Å². The van der Waals surface area contributed by atoms with Crippen LogP contribution in [0, 0.1) is 0 Å². The highest BCUT2D eigenvalue weighted by Gasteiger charge is 2.26. The monoisotopic (exact) mass is 441 g/mol. The van der Waals surface area contributed by atoms with Crippen LogP contribution in [-0.2, 0) is 14.8 Å². The van der Waals surface area contributed by atoms with E-state index < -0.39 is 10.0 Å². The summed E-state index contributed by atoms with van der Waals surface area (Å²) < 4.78 is 32.7. The molecule has 2 aromatic rings. The van der Waals surface area contributed by atoms with Crippen LogP contribution < -0.4 is 0 Å². The Morgan fingerprint density at radius 2 is 1.80 bits per heavy atom. The van der Waals surface area contributed by atoms with Crippen molar-refractivity contribution < 1.29 is 17.9 Å². The minimum atomic E-state index is -3.54. The zero-order chi connectivity index (χ0) is 17.9. The molecule has 0 saturated carbocycles. The van der Waals surface area contributed by atoms with Gasteiger partial charge in [0, 0.05) is 23.5 Å². The van der Waals surface area contributed by atoms with Crippen LogP contribution in [0.1, 0.15) is 15.2 Å². The second kappa shape index (κ2) is 7.92. The van der Waals surface area contributed by atoms with Crippen molar-refractivity contribution in [3.05, 3.63) is 56.7 Å². The average molecular weight is 442 g/mol. The van der Waals surface area contributed by atoms with Crippen LogP contribution in [-0.4, -0.2) is 44.8 Å². The lowest BCUT2D eigenvalue weighted by Gasteiger charge is -2.26. The quantitative estimate of drug-likeness (QED) is 0.526. The van der Waals surface area contributed by atoms with Gasteiger partial charge in [0.1, 0.15) is 0 Å². The SMILES string of the molecule is O=C(/C=C/c1ccc(Br)s1)c1ccc(S(=O)(=O)N2CCOCC2)cc1. The molecule has 1 fully saturated rings. The fourth-order valence-corrected chi connectivity index (χ4v) is 5.13. The number of benzene rings is 1. The number of carbonyl (C=O) groups is 1. The smallest absolute Gasteiger partial charge is 0.243 e. The van der Waals surface area contributed by atoms with Crippen LogP contribution in [0.4, 0.5) is 0 Å². The molecule has 0 unspecified atom stereocenters. The van der Waals surface area contributed by atoms with E-state index in [9.17, 15) is 13.2 Å². The number of rotatable bonds is 5. The molecule has 1 aromatic carbocycles. The molecule has 0 bridgehead atoms. The van der Waals surface area contributed by atoms with Gasteiger partial charge in [-0.05, 0) is 64.5 Å². The van der Waals surface area contributed by atoms with Gasteiger partial charge in [-0.1, -0.05) is 0 Å². The Balaban J connectivity index is 1.73. The minimum absolute atomic E-state index is 0.167. The molecule has 1 saturated heterocycles. The maximum atomic E-state index is 12.5. The molecule has 5 nitrogen and oxygen atoms in total. The molecule has 8 heteroatoms. The predicted octanol–water partition coefficient (Wildman–Crippen LogP) is 3.43. The van der Waals surface area contributed by atoms with Gasteiger partial charge in [-0.15, -0.1) is 11.3 Å². The Morgan fingerprint density at radius 1 is 1.12 bits per heavy atom. The van der Waals surface area contributed by atoms with E-state index in [1.165, 1.54) is 33.9 Å². The molecular weight excluding hydrogens is 426 g/mol. The molecule has 0 aliphatic carbocycles. The summed E-state index contributed by atoms with van der Waals surface area (Å²) in [7, 11) is -3.54. The van der Waals surface area contributed by atoms with Gasteiger partial charge >= 0.3 is 0 Å². The van der Waals surface area contributed by atoms with Crippen molar-refractivity contribution in [2.75, 3.05) is 26.3 Å². The maximum Gasteiger partial charge on any atom is 0.243 e. The molecule has 3 rings (SSSR count). The first-order chi connectivity index (χ1) is 12.0. The van der Waals surface area contributed by atoms with E-state index in [4.69, 9.17) is 4.74 Å². The van der Waals surface area contributed by atoms with E-state index in [1.807, 2.05) is 12.1 Å². The lowest BCUT2D eigenvalue weighted by atomic mass is 10.1. The van der Waals surface area contributed by atoms with Gasteiger partial charge in [0.25, 0.3) is 0 Å². The van der Waals surface area contributed by atoms with Gasteiger partial charge in [-0.2, -0.15) is 4.31 Å². The standard InChI is InChI=1S/C17H16BrNO4S2/c18-17-8-4-14(24-17)3-7-16(20)13-1-5-15(6-2-13)25(21,22)19-9-11-23-12-10-19/h1-8H,9-12H2/b7-3+. The second-order valence-electron chi connectivity index (χ2n) is 5.38. The highest BCUT2D eigenvalue weighted by Crippen LogP contribution is 2.23. The zero-order valence-corrected chi connectivity index (χ0v) is 16.4. The summed E-state index contributed by atoms with van der Waals surface area (Å²) >= 11 is 4.90. The molecule has 1 aromatic heterocycles. The fraction of sp³-hybridized carbons (Fsp3) is 0.235. The number of nitrogens with zero attached hydrogens (tertiary/aromatic N) is 1. The summed E-state index contributed by atoms with van der Waals surface area (Å²) in [6.45, 7) is 1.50. The fourth-order valence-electron chi connectivity index (χ4n) is 2.40. The summed E-state index contributed by atoms with van der Waals surface area (Å²) in [6.07, 6.45) is 3.24. The highest BCUT2D eigenvalue weighted by molar-refractivity contribution is 9.11. The van der Waals surface area contributed by atoms with Gasteiger partial charge in [-0.25, -0.2) is 8.42 Å². The van der Waals surface area contributed by atoms with Crippen LogP contribution in [0.2, 0.25) is 0 Å². The molecule has 2 heterocycles. The molecule has 132 valence electrons. The van der Waals surface area contributed by atoms with E-state index in [1.54, 1.807) is 18.2 Å². The predicted molar refractivity (Wildman–Crippen MR) is 101 cm³/mol. The number of hydrogen-bond donors (Lipinski definition) is 0. The van der Waals surface area contributed by atoms with E-state index >= 15 is 0 Å². The van der Waals surface area contributed by atoms with Crippen molar-refractivity contribution in [2.45, 2.75) is 4.90 Å². The lowest BCUT2D eigenvalue weighted by Crippen LogP contribution is -2.40. The van der Waals surface area contributed by atoms with Gasteiger partial charge < -0.3 is 4.74 Å². The molecule has 0 amide bonds. The van der Waals surface area contributed by atoms with E-state index in [2.05, 4.69) is 15.9 Å². The number of carbonyl (C=O) groups excluding carboxylic acids is 1. The highest BCUT2D eigenvalue weighted by atomic mass is 79.9. The normalized spacial score (nSPS) is 16.4. The number of ketones is 1. The largest absolute Gasteiger partial charge is 0.379 e. The van der Waals surface area contributed by atoms with Crippen LogP contribution >= 0.6 is 27.3 Å². The molecule has 0 radical (unpaired) electrons. The molecule has 0 spiro atoms. The van der Waals surface area contributed by atoms with Crippen molar-refractivity contribution in [2.24, 2.45) is 0 Å². The van der Waals surface area contributed by atoms with E-state index in [0.29, 0.717) is 31.9 Å². The van der Waals surface area contributed by atoms with Crippen LogP contribution in [0.5, 0.6) is 0 Å². The van der Waals surface area contributed by atoms with Crippen LogP contribution in [0.15, 0.2) is 51.2 Å². The maximum absolute atomic E-state index is 12.5. The molecular formula is C17H16BrNO4S2. The summed E-state index contributed by atoms with van der Waals surface area (Å²) in [5.74, 6) is -0.167. The first-order valence-corrected chi connectivity index (χ1v) is 10.7. The Morgan fingerprint density at radius 3 is 2.40 bits per heavy atom. The Bertz CT molecular complexity index is 882. The number of allylic oxidation sites excluding steroid dienone is 1. The van der Waals surface area contributed by atoms with Crippen molar-refractivity contribution in [1.29, 1.82) is 0 Å². The van der Waals surface area contributed by atoms with E-state index in [0.717, 1.165) is 8.66 Å². The molecule has 25 heavy (non-hydrogen) atoms. The Labute approximate surface area is 159 Å². The first kappa shape index (κ1) is 18.5. The third-order valence-electron chi connectivity index (χ3n) is 3.74. The second-order valence-corrected chi connectivity index (χ2v) is 9.81. The summed E-state index contributed by atoms with van der Waals surface area (Å²) in [4.78, 5) is 13.4. The molecule has 1 aliphatic rings. The van der Waals surface area contributed by atoms with Gasteiger partial charge in [0.05, 0.1) is 21.9 Å². The average Bonchev–Trinajstić information content (AvgIpc) is 3.06.